The zero-order valence-electron chi connectivity index (χ0n) is 38.4. The Bertz CT molecular complexity index is 1140. The summed E-state index contributed by atoms with van der Waals surface area (Å²) in [6, 6.07) is -0.832. The van der Waals surface area contributed by atoms with Gasteiger partial charge in [-0.3, -0.25) is 4.79 Å². The van der Waals surface area contributed by atoms with Crippen LogP contribution < -0.4 is 5.32 Å². The average Bonchev–Trinajstić information content (AvgIpc) is 3.27. The molecule has 2 rings (SSSR count). The molecule has 0 spiro atoms. The first-order valence-corrected chi connectivity index (χ1v) is 24.6. The van der Waals surface area contributed by atoms with Crippen molar-refractivity contribution in [3.8, 4) is 0 Å². The molecule has 0 aromatic heterocycles. The van der Waals surface area contributed by atoms with Crippen LogP contribution in [-0.4, -0.2) is 140 Å². The summed E-state index contributed by atoms with van der Waals surface area (Å²) >= 11 is 0. The van der Waals surface area contributed by atoms with Crippen molar-refractivity contribution in [1.29, 1.82) is 0 Å². The Morgan fingerprint density at radius 3 is 1.66 bits per heavy atom. The monoisotopic (exact) mass is 888 g/mol. The molecule has 14 heteroatoms. The van der Waals surface area contributed by atoms with Crippen molar-refractivity contribution in [2.45, 2.75) is 254 Å². The molecule has 12 atom stereocenters. The van der Waals surface area contributed by atoms with Crippen molar-refractivity contribution < 1.29 is 64.6 Å². The van der Waals surface area contributed by atoms with E-state index in [9.17, 15) is 45.6 Å². The Kier molecular flexibility index (Phi) is 32.6. The lowest BCUT2D eigenvalue weighted by molar-refractivity contribution is -0.359. The van der Waals surface area contributed by atoms with Gasteiger partial charge < -0.3 is 65.1 Å². The number of aliphatic hydroxyl groups excluding tert-OH is 8. The second-order valence-electron chi connectivity index (χ2n) is 17.6. The molecule has 9 N–H and O–H groups in total. The highest BCUT2D eigenvalue weighted by atomic mass is 16.7. The van der Waals surface area contributed by atoms with Crippen LogP contribution in [0.5, 0.6) is 0 Å². The molecule has 62 heavy (non-hydrogen) atoms. The van der Waals surface area contributed by atoms with Gasteiger partial charge in [0.15, 0.2) is 12.6 Å². The number of amides is 1. The molecular weight excluding hydrogens is 799 g/mol. The molecule has 0 saturated carbocycles. The maximum atomic E-state index is 13.1. The predicted octanol–water partition coefficient (Wildman–Crippen LogP) is 5.77. The van der Waals surface area contributed by atoms with E-state index in [1.54, 1.807) is 0 Å². The van der Waals surface area contributed by atoms with Gasteiger partial charge in [-0.25, -0.2) is 0 Å². The quantitative estimate of drug-likeness (QED) is 0.0267. The highest BCUT2D eigenvalue weighted by molar-refractivity contribution is 5.76. The van der Waals surface area contributed by atoms with E-state index >= 15 is 0 Å². The van der Waals surface area contributed by atoms with Crippen LogP contribution in [0.4, 0.5) is 0 Å². The first kappa shape index (κ1) is 56.6. The number of nitrogens with one attached hydrogen (secondary N) is 1. The summed E-state index contributed by atoms with van der Waals surface area (Å²) in [7, 11) is 0. The van der Waals surface area contributed by atoms with Gasteiger partial charge in [0.25, 0.3) is 0 Å². The summed E-state index contributed by atoms with van der Waals surface area (Å²) < 4.78 is 22.7. The van der Waals surface area contributed by atoms with Crippen molar-refractivity contribution in [3.05, 3.63) is 24.3 Å². The molecule has 0 radical (unpaired) electrons. The van der Waals surface area contributed by atoms with E-state index in [4.69, 9.17) is 18.9 Å². The summed E-state index contributed by atoms with van der Waals surface area (Å²) in [5.74, 6) is -0.222. The zero-order valence-corrected chi connectivity index (χ0v) is 38.4. The Morgan fingerprint density at radius 2 is 1.08 bits per heavy atom. The fourth-order valence-electron chi connectivity index (χ4n) is 8.08. The predicted molar refractivity (Wildman–Crippen MR) is 240 cm³/mol. The van der Waals surface area contributed by atoms with Crippen LogP contribution in [0.1, 0.15) is 181 Å². The van der Waals surface area contributed by atoms with Gasteiger partial charge in [-0.15, -0.1) is 0 Å². The van der Waals surface area contributed by atoms with Gasteiger partial charge in [-0.05, 0) is 38.5 Å². The molecule has 2 heterocycles. The molecule has 0 aromatic rings. The summed E-state index contributed by atoms with van der Waals surface area (Å²) in [4.78, 5) is 13.1. The first-order chi connectivity index (χ1) is 30.1. The maximum Gasteiger partial charge on any atom is 0.220 e. The number of hydrogen-bond donors (Lipinski definition) is 9. The number of carbonyl (C=O) groups is 1. The van der Waals surface area contributed by atoms with E-state index in [0.29, 0.717) is 12.8 Å². The van der Waals surface area contributed by atoms with Crippen LogP contribution in [0.3, 0.4) is 0 Å². The van der Waals surface area contributed by atoms with Crippen molar-refractivity contribution in [2.24, 2.45) is 0 Å². The van der Waals surface area contributed by atoms with E-state index in [1.165, 1.54) is 77.0 Å². The van der Waals surface area contributed by atoms with Gasteiger partial charge >= 0.3 is 0 Å². The van der Waals surface area contributed by atoms with Crippen LogP contribution >= 0.6 is 0 Å². The van der Waals surface area contributed by atoms with Gasteiger partial charge in [-0.1, -0.05) is 160 Å². The molecule has 12 unspecified atom stereocenters. The second kappa shape index (κ2) is 35.7. The topological polar surface area (TPSA) is 228 Å². The minimum Gasteiger partial charge on any atom is -0.394 e. The first-order valence-electron chi connectivity index (χ1n) is 24.6. The third-order valence-electron chi connectivity index (χ3n) is 12.2. The minimum absolute atomic E-state index is 0.222. The molecule has 1 amide bonds. The number of rotatable bonds is 37. The fourth-order valence-corrected chi connectivity index (χ4v) is 8.08. The Hall–Kier alpha value is -1.53. The van der Waals surface area contributed by atoms with E-state index in [1.807, 2.05) is 0 Å². The number of aliphatic hydroxyl groups is 8. The van der Waals surface area contributed by atoms with Crippen molar-refractivity contribution >= 4 is 5.91 Å². The molecule has 0 aromatic carbocycles. The number of ether oxygens (including phenoxy) is 4. The molecule has 0 aliphatic carbocycles. The van der Waals surface area contributed by atoms with Gasteiger partial charge in [0.05, 0.1) is 32.0 Å². The Morgan fingerprint density at radius 1 is 0.581 bits per heavy atom. The lowest BCUT2D eigenvalue weighted by Crippen LogP contribution is -2.65. The molecule has 0 bridgehead atoms. The van der Waals surface area contributed by atoms with Crippen molar-refractivity contribution in [3.63, 3.8) is 0 Å². The van der Waals surface area contributed by atoms with Crippen LogP contribution in [0.25, 0.3) is 0 Å². The number of unbranched alkanes of at least 4 members (excludes halogenated alkanes) is 20. The van der Waals surface area contributed by atoms with Gasteiger partial charge in [-0.2, -0.15) is 0 Å². The summed E-state index contributed by atoms with van der Waals surface area (Å²) in [6.45, 7) is 2.78. The minimum atomic E-state index is -1.78. The number of carbonyl (C=O) groups excluding carboxylic acids is 1. The van der Waals surface area contributed by atoms with E-state index in [-0.39, 0.29) is 18.9 Å². The second-order valence-corrected chi connectivity index (χ2v) is 17.6. The Labute approximate surface area is 373 Å². The molecule has 2 aliphatic rings. The van der Waals surface area contributed by atoms with Crippen molar-refractivity contribution in [1.82, 2.24) is 5.32 Å². The van der Waals surface area contributed by atoms with Crippen molar-refractivity contribution in [2.75, 3.05) is 19.8 Å². The van der Waals surface area contributed by atoms with Crippen LogP contribution in [-0.2, 0) is 23.7 Å². The zero-order chi connectivity index (χ0) is 45.4. The standard InChI is InChI=1S/C48H89NO13/c1-3-5-7-9-11-13-15-17-19-21-23-25-27-29-31-37(52)36(49-40(53)32-30-28-26-24-22-20-18-16-14-12-10-8-6-4-2)35-59-47-45(58)43(56)46(39(34-51)61-47)62-48-44(57)42(55)41(54)38(33-50)60-48/h10,12,16,18,36-39,41-48,50-52,54-58H,3-9,11,13-15,17,19-35H2,1-2H3,(H,49,53)/b12-10-,18-16-. The van der Waals surface area contributed by atoms with Gasteiger partial charge in [0.1, 0.15) is 48.8 Å². The largest absolute Gasteiger partial charge is 0.394 e. The average molecular weight is 888 g/mol. The highest BCUT2D eigenvalue weighted by Gasteiger charge is 2.51. The summed E-state index contributed by atoms with van der Waals surface area (Å²) in [5, 5.41) is 86.8. The van der Waals surface area contributed by atoms with E-state index < -0.39 is 86.8 Å². The summed E-state index contributed by atoms with van der Waals surface area (Å²) in [6.07, 6.45) is 20.3. The molecule has 2 aliphatic heterocycles. The third-order valence-corrected chi connectivity index (χ3v) is 12.2. The fraction of sp³-hybridized carbons (Fsp3) is 0.896. The molecular formula is C48H89NO13. The van der Waals surface area contributed by atoms with Crippen LogP contribution in [0.15, 0.2) is 24.3 Å². The summed E-state index contributed by atoms with van der Waals surface area (Å²) in [5.41, 5.74) is 0. The number of hydrogen-bond acceptors (Lipinski definition) is 13. The number of allylic oxidation sites excluding steroid dienone is 4. The lowest BCUT2D eigenvalue weighted by atomic mass is 9.97. The van der Waals surface area contributed by atoms with Crippen LogP contribution in [0.2, 0.25) is 0 Å². The Balaban J connectivity index is 1.86. The molecule has 2 saturated heterocycles. The van der Waals surface area contributed by atoms with Crippen LogP contribution in [0, 0.1) is 0 Å². The normalized spacial score (nSPS) is 27.9. The molecule has 364 valence electrons. The third kappa shape index (κ3) is 23.1. The van der Waals surface area contributed by atoms with E-state index in [2.05, 4.69) is 43.5 Å². The molecule has 14 nitrogen and oxygen atoms in total. The maximum absolute atomic E-state index is 13.1. The molecule has 2 fully saturated rings. The van der Waals surface area contributed by atoms with Gasteiger partial charge in [0, 0.05) is 6.42 Å². The van der Waals surface area contributed by atoms with E-state index in [0.717, 1.165) is 70.6 Å². The lowest BCUT2D eigenvalue weighted by Gasteiger charge is -2.46. The highest BCUT2D eigenvalue weighted by Crippen LogP contribution is 2.30. The van der Waals surface area contributed by atoms with Gasteiger partial charge in [0.2, 0.25) is 5.91 Å². The smallest absolute Gasteiger partial charge is 0.220 e. The SMILES string of the molecule is CCCC/C=C\C/C=C\CCCCCCCC(=O)NC(COC1OC(CO)C(OC2OC(CO)C(O)C(O)C2O)C(O)C1O)C(O)CCCCCCCCCCCCCCCC.